The van der Waals surface area contributed by atoms with Crippen LogP contribution in [-0.2, 0) is 0 Å². The van der Waals surface area contributed by atoms with Gasteiger partial charge in [0.15, 0.2) is 0 Å². The van der Waals surface area contributed by atoms with Crippen molar-refractivity contribution in [2.24, 2.45) is 5.73 Å². The molecule has 1 aliphatic rings. The van der Waals surface area contributed by atoms with Gasteiger partial charge in [-0.1, -0.05) is 18.3 Å². The molecule has 1 aliphatic carbocycles. The first-order valence-electron chi connectivity index (χ1n) is 6.53. The first kappa shape index (κ1) is 14.6. The van der Waals surface area contributed by atoms with Gasteiger partial charge in [0, 0.05) is 28.7 Å². The molecule has 1 aromatic carbocycles. The molecule has 1 fully saturated rings. The lowest BCUT2D eigenvalue weighted by Gasteiger charge is -2.40. The fourth-order valence-electron chi connectivity index (χ4n) is 2.48. The fourth-order valence-corrected chi connectivity index (χ4v) is 3.39. The molecule has 19 heavy (non-hydrogen) atoms. The van der Waals surface area contributed by atoms with E-state index in [4.69, 9.17) is 18.0 Å². The van der Waals surface area contributed by atoms with Crippen molar-refractivity contribution in [1.29, 1.82) is 0 Å². The minimum absolute atomic E-state index is 0.150. The lowest BCUT2D eigenvalue weighted by atomic mass is 9.90. The summed E-state index contributed by atoms with van der Waals surface area (Å²) in [4.78, 5) is 3.80. The van der Waals surface area contributed by atoms with E-state index in [0.29, 0.717) is 17.6 Å². The van der Waals surface area contributed by atoms with Crippen molar-refractivity contribution in [2.45, 2.75) is 30.2 Å². The van der Waals surface area contributed by atoms with Gasteiger partial charge in [-0.2, -0.15) is 0 Å². The van der Waals surface area contributed by atoms with E-state index in [1.165, 1.54) is 19.3 Å². The van der Waals surface area contributed by atoms with Gasteiger partial charge in [-0.05, 0) is 37.7 Å². The number of rotatable bonds is 6. The average Bonchev–Trinajstić information content (AvgIpc) is 2.35. The van der Waals surface area contributed by atoms with Crippen LogP contribution in [0, 0.1) is 0 Å². The number of thiocarbonyl (C=S) groups is 1. The lowest BCUT2D eigenvalue weighted by Crippen LogP contribution is -2.43. The number of aliphatic hydroxyl groups is 1. The van der Waals surface area contributed by atoms with Gasteiger partial charge in [-0.25, -0.2) is 0 Å². The molecule has 0 heterocycles. The molecule has 0 radical (unpaired) electrons. The summed E-state index contributed by atoms with van der Waals surface area (Å²) in [6, 6.07) is 6.65. The molecule has 2 rings (SSSR count). The number of thioether (sulfide) groups is 1. The Hall–Kier alpha value is -0.780. The largest absolute Gasteiger partial charge is 0.395 e. The van der Waals surface area contributed by atoms with Crippen LogP contribution in [0.1, 0.15) is 24.8 Å². The third-order valence-electron chi connectivity index (χ3n) is 3.64. The maximum atomic E-state index is 9.31. The molecule has 5 heteroatoms. The van der Waals surface area contributed by atoms with Gasteiger partial charge in [0.25, 0.3) is 0 Å². The molecule has 0 atom stereocenters. The molecule has 1 aromatic rings. The number of nitrogens with zero attached hydrogens (tertiary/aromatic N) is 1. The number of benzene rings is 1. The molecule has 0 aromatic heterocycles. The molecule has 0 saturated heterocycles. The van der Waals surface area contributed by atoms with E-state index in [-0.39, 0.29) is 6.61 Å². The number of nitrogens with two attached hydrogens (primary N) is 1. The highest BCUT2D eigenvalue weighted by atomic mass is 32.2. The van der Waals surface area contributed by atoms with Crippen molar-refractivity contribution < 1.29 is 5.11 Å². The minimum Gasteiger partial charge on any atom is -0.395 e. The predicted octanol–water partition coefficient (Wildman–Crippen LogP) is 2.39. The van der Waals surface area contributed by atoms with Crippen molar-refractivity contribution in [3.05, 3.63) is 23.8 Å². The maximum absolute atomic E-state index is 9.31. The quantitative estimate of drug-likeness (QED) is 0.623. The smallest absolute Gasteiger partial charge is 0.107 e. The molecule has 0 bridgehead atoms. The van der Waals surface area contributed by atoms with Crippen LogP contribution in [0.3, 0.4) is 0 Å². The van der Waals surface area contributed by atoms with E-state index in [0.717, 1.165) is 16.1 Å². The minimum atomic E-state index is 0.150. The Morgan fingerprint density at radius 2 is 2.26 bits per heavy atom. The van der Waals surface area contributed by atoms with Crippen LogP contribution in [0.25, 0.3) is 0 Å². The molecule has 104 valence electrons. The van der Waals surface area contributed by atoms with Gasteiger partial charge in [0.1, 0.15) is 4.99 Å². The molecule has 0 amide bonds. The Balaban J connectivity index is 2.42. The summed E-state index contributed by atoms with van der Waals surface area (Å²) >= 11 is 6.88. The number of anilines is 1. The second-order valence-electron chi connectivity index (χ2n) is 4.72. The third-order valence-corrected chi connectivity index (χ3v) is 4.62. The van der Waals surface area contributed by atoms with Crippen LogP contribution in [0.15, 0.2) is 23.1 Å². The van der Waals surface area contributed by atoms with Crippen molar-refractivity contribution in [3.63, 3.8) is 0 Å². The highest BCUT2D eigenvalue weighted by Crippen LogP contribution is 2.35. The van der Waals surface area contributed by atoms with E-state index in [9.17, 15) is 5.11 Å². The van der Waals surface area contributed by atoms with Crippen LogP contribution >= 0.6 is 24.0 Å². The second-order valence-corrected chi connectivity index (χ2v) is 6.01. The fraction of sp³-hybridized carbons (Fsp3) is 0.500. The zero-order chi connectivity index (χ0) is 13.8. The summed E-state index contributed by atoms with van der Waals surface area (Å²) in [6.45, 7) is 0.787. The normalized spacial score (nSPS) is 15.1. The first-order chi connectivity index (χ1) is 9.19. The van der Waals surface area contributed by atoms with Gasteiger partial charge >= 0.3 is 0 Å². The monoisotopic (exact) mass is 296 g/mol. The number of hydrogen-bond acceptors (Lipinski definition) is 4. The lowest BCUT2D eigenvalue weighted by molar-refractivity contribution is 0.283. The summed E-state index contributed by atoms with van der Waals surface area (Å²) in [5.74, 6) is 0. The Morgan fingerprint density at radius 3 is 2.74 bits per heavy atom. The standard InChI is InChI=1S/C14H20N2OS2/c1-19-12-7-3-6-11(13(12)14(15)18)16(8-9-17)10-4-2-5-10/h3,6-7,10,17H,2,4-5,8-9H2,1H3,(H2,15,18). The van der Waals surface area contributed by atoms with Crippen molar-refractivity contribution in [3.8, 4) is 0 Å². The number of aliphatic hydroxyl groups excluding tert-OH is 1. The van der Waals surface area contributed by atoms with Gasteiger partial charge in [-0.3, -0.25) is 0 Å². The molecule has 0 spiro atoms. The first-order valence-corrected chi connectivity index (χ1v) is 8.16. The topological polar surface area (TPSA) is 49.5 Å². The van der Waals surface area contributed by atoms with Crippen LogP contribution in [0.4, 0.5) is 5.69 Å². The third kappa shape index (κ3) is 3.04. The molecule has 3 nitrogen and oxygen atoms in total. The molecular formula is C14H20N2OS2. The summed E-state index contributed by atoms with van der Waals surface area (Å²) in [5, 5.41) is 9.31. The molecule has 3 N–H and O–H groups in total. The van der Waals surface area contributed by atoms with Gasteiger partial charge in [0.05, 0.1) is 6.61 Å². The van der Waals surface area contributed by atoms with Gasteiger partial charge < -0.3 is 15.7 Å². The molecular weight excluding hydrogens is 276 g/mol. The predicted molar refractivity (Wildman–Crippen MR) is 86.2 cm³/mol. The Bertz CT molecular complexity index is 461. The van der Waals surface area contributed by atoms with Gasteiger partial charge in [-0.15, -0.1) is 11.8 Å². The zero-order valence-corrected chi connectivity index (χ0v) is 12.8. The van der Waals surface area contributed by atoms with Crippen LogP contribution in [0.5, 0.6) is 0 Å². The number of hydrogen-bond donors (Lipinski definition) is 2. The van der Waals surface area contributed by atoms with E-state index in [1.54, 1.807) is 11.8 Å². The molecule has 0 aliphatic heterocycles. The van der Waals surface area contributed by atoms with Crippen molar-refractivity contribution >= 4 is 34.7 Å². The van der Waals surface area contributed by atoms with E-state index < -0.39 is 0 Å². The van der Waals surface area contributed by atoms with Crippen molar-refractivity contribution in [2.75, 3.05) is 24.3 Å². The van der Waals surface area contributed by atoms with E-state index >= 15 is 0 Å². The van der Waals surface area contributed by atoms with Crippen LogP contribution < -0.4 is 10.6 Å². The van der Waals surface area contributed by atoms with Crippen LogP contribution in [0.2, 0.25) is 0 Å². The Kier molecular flexibility index (Phi) is 5.07. The highest BCUT2D eigenvalue weighted by Gasteiger charge is 2.27. The average molecular weight is 296 g/mol. The SMILES string of the molecule is CSc1cccc(N(CCO)C2CCC2)c1C(N)=S. The molecule has 1 saturated carbocycles. The summed E-state index contributed by atoms with van der Waals surface area (Å²) in [5.41, 5.74) is 7.93. The van der Waals surface area contributed by atoms with Crippen molar-refractivity contribution in [1.82, 2.24) is 0 Å². The second kappa shape index (κ2) is 6.59. The summed E-state index contributed by atoms with van der Waals surface area (Å²) in [6.07, 6.45) is 5.65. The zero-order valence-electron chi connectivity index (χ0n) is 11.1. The maximum Gasteiger partial charge on any atom is 0.107 e. The summed E-state index contributed by atoms with van der Waals surface area (Å²) < 4.78 is 0. The van der Waals surface area contributed by atoms with Gasteiger partial charge in [0.2, 0.25) is 0 Å². The van der Waals surface area contributed by atoms with E-state index in [2.05, 4.69) is 11.0 Å². The molecule has 0 unspecified atom stereocenters. The highest BCUT2D eigenvalue weighted by molar-refractivity contribution is 7.98. The van der Waals surface area contributed by atoms with E-state index in [1.807, 2.05) is 18.4 Å². The van der Waals surface area contributed by atoms with Crippen LogP contribution in [-0.4, -0.2) is 35.5 Å². The Morgan fingerprint density at radius 1 is 1.53 bits per heavy atom. The summed E-state index contributed by atoms with van der Waals surface area (Å²) in [7, 11) is 0. The Labute approximate surface area is 124 Å².